The predicted molar refractivity (Wildman–Crippen MR) is 91.2 cm³/mol. The molecule has 1 aromatic carbocycles. The van der Waals surface area contributed by atoms with Crippen LogP contribution in [-0.4, -0.2) is 33.8 Å². The maximum Gasteiger partial charge on any atom is 0.412 e. The summed E-state index contributed by atoms with van der Waals surface area (Å²) in [6, 6.07) is 5.31. The average molecular weight is 333 g/mol. The van der Waals surface area contributed by atoms with Gasteiger partial charge in [0.05, 0.1) is 25.0 Å². The topological polar surface area (TPSA) is 90.3 Å². The number of aromatic nitrogens is 3. The van der Waals surface area contributed by atoms with Gasteiger partial charge in [-0.15, -0.1) is 5.10 Å². The fourth-order valence-corrected chi connectivity index (χ4v) is 1.98. The van der Waals surface area contributed by atoms with Crippen LogP contribution >= 0.6 is 0 Å². The average Bonchev–Trinajstić information content (AvgIpc) is 2.90. The Hall–Kier alpha value is -2.77. The molecule has 0 saturated heterocycles. The van der Waals surface area contributed by atoms with Gasteiger partial charge in [0.1, 0.15) is 17.0 Å². The minimum absolute atomic E-state index is 0.462. The Bertz CT molecular complexity index is 706. The number of methoxy groups -OCH3 is 1. The number of amides is 1. The van der Waals surface area contributed by atoms with Crippen molar-refractivity contribution in [2.24, 2.45) is 7.05 Å². The third-order valence-electron chi connectivity index (χ3n) is 2.97. The van der Waals surface area contributed by atoms with Crippen LogP contribution in [-0.2, 0) is 18.3 Å². The van der Waals surface area contributed by atoms with Crippen LogP contribution in [0.15, 0.2) is 24.4 Å². The van der Waals surface area contributed by atoms with Gasteiger partial charge in [-0.2, -0.15) is 0 Å². The molecule has 0 aliphatic carbocycles. The van der Waals surface area contributed by atoms with E-state index in [2.05, 4.69) is 20.9 Å². The smallest absolute Gasteiger partial charge is 0.412 e. The summed E-state index contributed by atoms with van der Waals surface area (Å²) in [5.74, 6) is 0.673. The zero-order chi connectivity index (χ0) is 17.7. The minimum Gasteiger partial charge on any atom is -0.497 e. The lowest BCUT2D eigenvalue weighted by molar-refractivity contribution is 0.0636. The van der Waals surface area contributed by atoms with Crippen molar-refractivity contribution in [2.75, 3.05) is 17.7 Å². The molecule has 0 radical (unpaired) electrons. The first kappa shape index (κ1) is 17.6. The van der Waals surface area contributed by atoms with Crippen molar-refractivity contribution in [3.8, 4) is 5.75 Å². The fourth-order valence-electron chi connectivity index (χ4n) is 1.98. The molecule has 8 nitrogen and oxygen atoms in total. The van der Waals surface area contributed by atoms with Gasteiger partial charge < -0.3 is 14.8 Å². The molecule has 8 heteroatoms. The highest BCUT2D eigenvalue weighted by Gasteiger charge is 2.17. The number of hydrogen-bond donors (Lipinski definition) is 2. The SMILES string of the molecule is COc1ccc(NC(=O)OC(C)(C)C)c(NCc2cn(C)nn2)c1. The van der Waals surface area contributed by atoms with Gasteiger partial charge in [0.25, 0.3) is 0 Å². The first-order chi connectivity index (χ1) is 11.3. The van der Waals surface area contributed by atoms with Crippen molar-refractivity contribution in [1.82, 2.24) is 15.0 Å². The highest BCUT2D eigenvalue weighted by Crippen LogP contribution is 2.28. The molecule has 0 atom stereocenters. The molecule has 0 aliphatic heterocycles. The van der Waals surface area contributed by atoms with Gasteiger partial charge in [0.2, 0.25) is 0 Å². The summed E-state index contributed by atoms with van der Waals surface area (Å²) < 4.78 is 12.1. The molecule has 1 amide bonds. The van der Waals surface area contributed by atoms with Crippen LogP contribution in [0.2, 0.25) is 0 Å². The normalized spacial score (nSPS) is 11.0. The van der Waals surface area contributed by atoms with E-state index in [0.717, 1.165) is 5.69 Å². The molecule has 24 heavy (non-hydrogen) atoms. The molecule has 1 aromatic heterocycles. The van der Waals surface area contributed by atoms with E-state index in [0.29, 0.717) is 23.7 Å². The molecule has 0 bridgehead atoms. The number of carbonyl (C=O) groups excluding carboxylic acids is 1. The molecule has 0 aliphatic rings. The van der Waals surface area contributed by atoms with Crippen LogP contribution in [0.3, 0.4) is 0 Å². The predicted octanol–water partition coefficient (Wildman–Crippen LogP) is 2.78. The van der Waals surface area contributed by atoms with Crippen LogP contribution < -0.4 is 15.4 Å². The van der Waals surface area contributed by atoms with Gasteiger partial charge >= 0.3 is 6.09 Å². The quantitative estimate of drug-likeness (QED) is 0.874. The summed E-state index contributed by atoms with van der Waals surface area (Å²) in [7, 11) is 3.39. The second-order valence-electron chi connectivity index (χ2n) is 6.28. The molecule has 130 valence electrons. The molecule has 0 unspecified atom stereocenters. The van der Waals surface area contributed by atoms with Crippen molar-refractivity contribution in [1.29, 1.82) is 0 Å². The highest BCUT2D eigenvalue weighted by molar-refractivity contribution is 5.90. The molecule has 0 spiro atoms. The Morgan fingerprint density at radius 2 is 2.04 bits per heavy atom. The van der Waals surface area contributed by atoms with Gasteiger partial charge in [0.15, 0.2) is 0 Å². The maximum absolute atomic E-state index is 12.0. The zero-order valence-electron chi connectivity index (χ0n) is 14.6. The Balaban J connectivity index is 2.13. The van der Waals surface area contributed by atoms with Crippen LogP contribution in [0.25, 0.3) is 0 Å². The first-order valence-electron chi connectivity index (χ1n) is 7.54. The van der Waals surface area contributed by atoms with Gasteiger partial charge in [0, 0.05) is 19.3 Å². The third-order valence-corrected chi connectivity index (χ3v) is 2.97. The number of benzene rings is 1. The lowest BCUT2D eigenvalue weighted by Gasteiger charge is -2.21. The molecule has 1 heterocycles. The molecular weight excluding hydrogens is 310 g/mol. The Kier molecular flexibility index (Phi) is 5.28. The molecule has 2 N–H and O–H groups in total. The number of ether oxygens (including phenoxy) is 2. The van der Waals surface area contributed by atoms with E-state index in [-0.39, 0.29) is 0 Å². The summed E-state index contributed by atoms with van der Waals surface area (Å²) in [5, 5.41) is 13.9. The Labute approximate surface area is 141 Å². The Morgan fingerprint density at radius 1 is 1.29 bits per heavy atom. The standard InChI is InChI=1S/C16H23N5O3/c1-16(2,3)24-15(22)18-13-7-6-12(23-5)8-14(13)17-9-11-10-21(4)20-19-11/h6-8,10,17H,9H2,1-5H3,(H,18,22). The number of hydrogen-bond acceptors (Lipinski definition) is 6. The summed E-state index contributed by atoms with van der Waals surface area (Å²) in [6.07, 6.45) is 1.30. The van der Waals surface area contributed by atoms with Gasteiger partial charge in [-0.3, -0.25) is 10.00 Å². The van der Waals surface area contributed by atoms with E-state index in [1.165, 1.54) is 0 Å². The summed E-state index contributed by atoms with van der Waals surface area (Å²) in [6.45, 7) is 5.90. The summed E-state index contributed by atoms with van der Waals surface area (Å²) in [4.78, 5) is 12.0. The van der Waals surface area contributed by atoms with Crippen molar-refractivity contribution < 1.29 is 14.3 Å². The van der Waals surface area contributed by atoms with Crippen LogP contribution in [0.4, 0.5) is 16.2 Å². The van der Waals surface area contributed by atoms with E-state index in [9.17, 15) is 4.79 Å². The minimum atomic E-state index is -0.566. The van der Waals surface area contributed by atoms with E-state index in [4.69, 9.17) is 9.47 Å². The first-order valence-corrected chi connectivity index (χ1v) is 7.54. The Morgan fingerprint density at radius 3 is 2.62 bits per heavy atom. The number of carbonyl (C=O) groups is 1. The van der Waals surface area contributed by atoms with Crippen molar-refractivity contribution in [2.45, 2.75) is 32.9 Å². The molecule has 2 aromatic rings. The fraction of sp³-hybridized carbons (Fsp3) is 0.438. The third kappa shape index (κ3) is 5.15. The van der Waals surface area contributed by atoms with Crippen molar-refractivity contribution >= 4 is 17.5 Å². The van der Waals surface area contributed by atoms with Gasteiger partial charge in [-0.1, -0.05) is 5.21 Å². The number of nitrogens with zero attached hydrogens (tertiary/aromatic N) is 3. The second-order valence-corrected chi connectivity index (χ2v) is 6.28. The molecule has 0 fully saturated rings. The monoisotopic (exact) mass is 333 g/mol. The van der Waals surface area contributed by atoms with Crippen LogP contribution in [0.5, 0.6) is 5.75 Å². The largest absolute Gasteiger partial charge is 0.497 e. The van der Waals surface area contributed by atoms with E-state index < -0.39 is 11.7 Å². The van der Waals surface area contributed by atoms with Gasteiger partial charge in [-0.25, -0.2) is 4.79 Å². The van der Waals surface area contributed by atoms with E-state index >= 15 is 0 Å². The molecule has 0 saturated carbocycles. The maximum atomic E-state index is 12.0. The lowest BCUT2D eigenvalue weighted by Crippen LogP contribution is -2.27. The van der Waals surface area contributed by atoms with Crippen LogP contribution in [0, 0.1) is 0 Å². The van der Waals surface area contributed by atoms with E-state index in [1.54, 1.807) is 37.0 Å². The van der Waals surface area contributed by atoms with Crippen LogP contribution in [0.1, 0.15) is 26.5 Å². The molecule has 2 rings (SSSR count). The summed E-state index contributed by atoms with van der Waals surface area (Å²) in [5.41, 5.74) is 1.51. The number of rotatable bonds is 5. The van der Waals surface area contributed by atoms with Crippen molar-refractivity contribution in [3.63, 3.8) is 0 Å². The lowest BCUT2D eigenvalue weighted by atomic mass is 10.2. The number of nitrogens with one attached hydrogen (secondary N) is 2. The second kappa shape index (κ2) is 7.20. The highest BCUT2D eigenvalue weighted by atomic mass is 16.6. The molecular formula is C16H23N5O3. The van der Waals surface area contributed by atoms with Crippen molar-refractivity contribution in [3.05, 3.63) is 30.1 Å². The number of aryl methyl sites for hydroxylation is 1. The van der Waals surface area contributed by atoms with E-state index in [1.807, 2.05) is 27.0 Å². The number of anilines is 2. The zero-order valence-corrected chi connectivity index (χ0v) is 14.6. The van der Waals surface area contributed by atoms with Gasteiger partial charge in [-0.05, 0) is 32.9 Å². The summed E-state index contributed by atoms with van der Waals surface area (Å²) >= 11 is 0.